The summed E-state index contributed by atoms with van der Waals surface area (Å²) in [5.41, 5.74) is 0. The highest BCUT2D eigenvalue weighted by Crippen LogP contribution is 2.29. The summed E-state index contributed by atoms with van der Waals surface area (Å²) >= 11 is 0. The minimum absolute atomic E-state index is 0.170. The smallest absolute Gasteiger partial charge is 0.323 e. The molecule has 0 radical (unpaired) electrons. The summed E-state index contributed by atoms with van der Waals surface area (Å²) in [5.74, 6) is 0.0851. The van der Waals surface area contributed by atoms with Crippen LogP contribution in [0.15, 0.2) is 0 Å². The normalized spacial score (nSPS) is 27.6. The van der Waals surface area contributed by atoms with Gasteiger partial charge in [0.05, 0.1) is 0 Å². The lowest BCUT2D eigenvalue weighted by atomic mass is 9.78. The maximum absolute atomic E-state index is 12.0. The third-order valence-electron chi connectivity index (χ3n) is 4.01. The number of carbonyl (C=O) groups is 2. The van der Waals surface area contributed by atoms with Gasteiger partial charge in [0, 0.05) is 12.6 Å². The monoisotopic (exact) mass is 256 g/mol. The Morgan fingerprint density at radius 1 is 1.33 bits per heavy atom. The Kier molecular flexibility index (Phi) is 5.44. The van der Waals surface area contributed by atoms with Gasteiger partial charge in [-0.2, -0.15) is 0 Å². The number of amides is 2. The maximum Gasteiger partial charge on any atom is 0.323 e. The zero-order valence-corrected chi connectivity index (χ0v) is 11.5. The van der Waals surface area contributed by atoms with Gasteiger partial charge in [0.25, 0.3) is 0 Å². The van der Waals surface area contributed by atoms with Gasteiger partial charge in [-0.3, -0.25) is 4.79 Å². The van der Waals surface area contributed by atoms with E-state index in [1.165, 1.54) is 11.3 Å². The molecule has 5 nitrogen and oxygen atoms in total. The first-order chi connectivity index (χ1) is 8.45. The number of hydrogen-bond acceptors (Lipinski definition) is 2. The van der Waals surface area contributed by atoms with E-state index in [0.29, 0.717) is 18.4 Å². The molecular formula is C13H24N2O3. The van der Waals surface area contributed by atoms with Gasteiger partial charge in [-0.15, -0.1) is 0 Å². The summed E-state index contributed by atoms with van der Waals surface area (Å²) in [6.07, 6.45) is 3.32. The molecule has 0 aliphatic heterocycles. The predicted octanol–water partition coefficient (Wildman–Crippen LogP) is 1.93. The number of carboxylic acid groups (broad SMARTS) is 1. The van der Waals surface area contributed by atoms with Crippen LogP contribution >= 0.6 is 0 Å². The first kappa shape index (κ1) is 14.8. The van der Waals surface area contributed by atoms with Crippen molar-refractivity contribution in [1.82, 2.24) is 10.2 Å². The molecule has 1 fully saturated rings. The zero-order chi connectivity index (χ0) is 13.7. The Labute approximate surface area is 109 Å². The highest BCUT2D eigenvalue weighted by atomic mass is 16.4. The average Bonchev–Trinajstić information content (AvgIpc) is 2.31. The molecular weight excluding hydrogens is 232 g/mol. The fraction of sp³-hybridized carbons (Fsp3) is 0.846. The van der Waals surface area contributed by atoms with E-state index < -0.39 is 5.97 Å². The Hall–Kier alpha value is -1.26. The average molecular weight is 256 g/mol. The first-order valence-electron chi connectivity index (χ1n) is 6.73. The van der Waals surface area contributed by atoms with Crippen molar-refractivity contribution < 1.29 is 14.7 Å². The van der Waals surface area contributed by atoms with Gasteiger partial charge in [-0.1, -0.05) is 26.7 Å². The topological polar surface area (TPSA) is 69.6 Å². The van der Waals surface area contributed by atoms with Gasteiger partial charge in [0.2, 0.25) is 0 Å². The molecule has 2 N–H and O–H groups in total. The molecule has 3 unspecified atom stereocenters. The van der Waals surface area contributed by atoms with E-state index in [-0.39, 0.29) is 18.6 Å². The van der Waals surface area contributed by atoms with Gasteiger partial charge >= 0.3 is 12.0 Å². The number of hydrogen-bond donors (Lipinski definition) is 2. The Morgan fingerprint density at radius 2 is 2.00 bits per heavy atom. The SMILES string of the molecule is CCN(CC(=O)O)C(=O)NC1CCCC(C)C1C. The van der Waals surface area contributed by atoms with Crippen molar-refractivity contribution >= 4 is 12.0 Å². The van der Waals surface area contributed by atoms with Crippen LogP contribution in [0.1, 0.15) is 40.0 Å². The molecule has 0 aromatic rings. The van der Waals surface area contributed by atoms with E-state index in [1.807, 2.05) is 0 Å². The van der Waals surface area contributed by atoms with Crippen LogP contribution in [0.2, 0.25) is 0 Å². The molecule has 1 saturated carbocycles. The number of urea groups is 1. The molecule has 104 valence electrons. The van der Waals surface area contributed by atoms with Crippen LogP contribution < -0.4 is 5.32 Å². The number of carboxylic acids is 1. The van der Waals surface area contributed by atoms with Crippen LogP contribution in [-0.2, 0) is 4.79 Å². The lowest BCUT2D eigenvalue weighted by molar-refractivity contribution is -0.137. The molecule has 1 aliphatic rings. The van der Waals surface area contributed by atoms with Crippen LogP contribution in [0.3, 0.4) is 0 Å². The lowest BCUT2D eigenvalue weighted by Gasteiger charge is -2.35. The molecule has 0 bridgehead atoms. The largest absolute Gasteiger partial charge is 0.480 e. The van der Waals surface area contributed by atoms with Crippen molar-refractivity contribution in [3.8, 4) is 0 Å². The lowest BCUT2D eigenvalue weighted by Crippen LogP contribution is -2.50. The van der Waals surface area contributed by atoms with Crippen LogP contribution in [0.25, 0.3) is 0 Å². The Balaban J connectivity index is 2.54. The molecule has 2 amide bonds. The van der Waals surface area contributed by atoms with Gasteiger partial charge < -0.3 is 15.3 Å². The summed E-state index contributed by atoms with van der Waals surface area (Å²) in [6, 6.07) is -0.0880. The van der Waals surface area contributed by atoms with E-state index >= 15 is 0 Å². The van der Waals surface area contributed by atoms with E-state index in [0.717, 1.165) is 12.8 Å². The second-order valence-corrected chi connectivity index (χ2v) is 5.23. The quantitative estimate of drug-likeness (QED) is 0.807. The highest BCUT2D eigenvalue weighted by molar-refractivity contribution is 5.80. The number of aliphatic carboxylic acids is 1. The number of carbonyl (C=O) groups excluding carboxylic acids is 1. The molecule has 5 heteroatoms. The van der Waals surface area contributed by atoms with E-state index in [4.69, 9.17) is 5.11 Å². The van der Waals surface area contributed by atoms with Crippen molar-refractivity contribution in [3.63, 3.8) is 0 Å². The summed E-state index contributed by atoms with van der Waals surface area (Å²) in [7, 11) is 0. The second-order valence-electron chi connectivity index (χ2n) is 5.23. The number of nitrogens with one attached hydrogen (secondary N) is 1. The molecule has 0 heterocycles. The summed E-state index contributed by atoms with van der Waals surface area (Å²) in [5, 5.41) is 11.7. The van der Waals surface area contributed by atoms with Crippen molar-refractivity contribution in [2.24, 2.45) is 11.8 Å². The van der Waals surface area contributed by atoms with Crippen LogP contribution in [0.4, 0.5) is 4.79 Å². The van der Waals surface area contributed by atoms with Gasteiger partial charge in [0.1, 0.15) is 6.54 Å². The van der Waals surface area contributed by atoms with Crippen molar-refractivity contribution in [3.05, 3.63) is 0 Å². The van der Waals surface area contributed by atoms with Crippen LogP contribution in [0, 0.1) is 11.8 Å². The minimum Gasteiger partial charge on any atom is -0.480 e. The summed E-state index contributed by atoms with van der Waals surface area (Å²) < 4.78 is 0. The fourth-order valence-electron chi connectivity index (χ4n) is 2.53. The summed E-state index contributed by atoms with van der Waals surface area (Å²) in [6.45, 7) is 6.32. The number of likely N-dealkylation sites (N-methyl/N-ethyl adjacent to an activating group) is 1. The zero-order valence-electron chi connectivity index (χ0n) is 11.5. The standard InChI is InChI=1S/C13H24N2O3/c1-4-15(8-12(16)17)13(18)14-11-7-5-6-9(2)10(11)3/h9-11H,4-8H2,1-3H3,(H,14,18)(H,16,17). The molecule has 3 atom stereocenters. The second kappa shape index (κ2) is 6.61. The number of nitrogens with zero attached hydrogens (tertiary/aromatic N) is 1. The molecule has 0 aromatic carbocycles. The van der Waals surface area contributed by atoms with E-state index in [2.05, 4.69) is 19.2 Å². The van der Waals surface area contributed by atoms with Crippen LogP contribution in [0.5, 0.6) is 0 Å². The maximum atomic E-state index is 12.0. The Morgan fingerprint density at radius 3 is 2.56 bits per heavy atom. The van der Waals surface area contributed by atoms with E-state index in [1.54, 1.807) is 6.92 Å². The molecule has 0 saturated heterocycles. The minimum atomic E-state index is -0.975. The third kappa shape index (κ3) is 3.89. The highest BCUT2D eigenvalue weighted by Gasteiger charge is 2.29. The van der Waals surface area contributed by atoms with Gasteiger partial charge in [-0.25, -0.2) is 4.79 Å². The van der Waals surface area contributed by atoms with Gasteiger partial charge in [-0.05, 0) is 25.2 Å². The molecule has 0 aromatic heterocycles. The molecule has 0 spiro atoms. The molecule has 1 aliphatic carbocycles. The van der Waals surface area contributed by atoms with Crippen molar-refractivity contribution in [2.75, 3.05) is 13.1 Å². The van der Waals surface area contributed by atoms with Crippen molar-refractivity contribution in [2.45, 2.75) is 46.1 Å². The summed E-state index contributed by atoms with van der Waals surface area (Å²) in [4.78, 5) is 24.0. The van der Waals surface area contributed by atoms with E-state index in [9.17, 15) is 9.59 Å². The predicted molar refractivity (Wildman–Crippen MR) is 69.4 cm³/mol. The number of rotatable bonds is 4. The van der Waals surface area contributed by atoms with Crippen LogP contribution in [-0.4, -0.2) is 41.1 Å². The molecule has 18 heavy (non-hydrogen) atoms. The third-order valence-corrected chi connectivity index (χ3v) is 4.01. The Bertz CT molecular complexity index is 307. The van der Waals surface area contributed by atoms with Crippen molar-refractivity contribution in [1.29, 1.82) is 0 Å². The van der Waals surface area contributed by atoms with Gasteiger partial charge in [0.15, 0.2) is 0 Å². The fourth-order valence-corrected chi connectivity index (χ4v) is 2.53. The molecule has 1 rings (SSSR count). The first-order valence-corrected chi connectivity index (χ1v) is 6.73.